The van der Waals surface area contributed by atoms with Crippen LogP contribution in [0, 0.1) is 45.3 Å². The highest BCUT2D eigenvalue weighted by molar-refractivity contribution is 5.22. The molecule has 4 saturated carbocycles. The van der Waals surface area contributed by atoms with Crippen LogP contribution < -0.4 is 0 Å². The van der Waals surface area contributed by atoms with Crippen LogP contribution in [-0.2, 0) is 28.4 Å². The van der Waals surface area contributed by atoms with Crippen LogP contribution in [0.1, 0.15) is 114 Å². The zero-order valence-corrected chi connectivity index (χ0v) is 40.2. The van der Waals surface area contributed by atoms with Crippen molar-refractivity contribution < 1.29 is 89.7 Å². The second kappa shape index (κ2) is 19.2. The molecule has 0 aromatic rings. The molecule has 382 valence electrons. The standard InChI is InChI=1S/C48H82O18/c1-21(2)11-10-14-48(9,66-42-38(60)35(57)32(54)26(19-49)63-42)23-12-16-46(7)30(23)24(51)17-28-45(6)15-13-29(52)44(4,5)40(45)25(18-47(28,46)8)62-43-39(36(58)33(55)27(20-50)64-43)65-41-37(59)34(56)31(53)22(3)61-41/h11,22-43,49-60H,10,12-20H2,1-9H3/t22-,23-,24?,25-,26+,27+,28+,29?,30-,31-,32+,33+,34+,35-,36-,37+,38+,39+,40-,41-,42-,43+,45+,46+,47+,48-/m0/s1. The Morgan fingerprint density at radius 2 is 1.27 bits per heavy atom. The van der Waals surface area contributed by atoms with Crippen molar-refractivity contribution in [3.8, 4) is 0 Å². The Hall–Kier alpha value is -0.980. The first kappa shape index (κ1) is 52.8. The lowest BCUT2D eigenvalue weighted by molar-refractivity contribution is -0.382. The summed E-state index contributed by atoms with van der Waals surface area (Å²) in [5.74, 6) is -1.12. The molecule has 3 saturated heterocycles. The van der Waals surface area contributed by atoms with Crippen LogP contribution in [0.2, 0.25) is 0 Å². The van der Waals surface area contributed by atoms with Gasteiger partial charge < -0.3 is 89.7 Å². The van der Waals surface area contributed by atoms with Crippen LogP contribution in [0.25, 0.3) is 0 Å². The van der Waals surface area contributed by atoms with Crippen molar-refractivity contribution in [3.05, 3.63) is 11.6 Å². The van der Waals surface area contributed by atoms with Gasteiger partial charge in [0.15, 0.2) is 18.9 Å². The lowest BCUT2D eigenvalue weighted by Gasteiger charge is -2.72. The highest BCUT2D eigenvalue weighted by atomic mass is 16.8. The van der Waals surface area contributed by atoms with E-state index >= 15 is 0 Å². The largest absolute Gasteiger partial charge is 0.394 e. The third-order valence-corrected chi connectivity index (χ3v) is 18.7. The SMILES string of the molecule is CC(C)=CCC[C@](C)(O[C@@H]1O[C@H](CO)[C@@H](O)[C@H](O)[C@H]1O)[C@H]1CC[C@]2(C)[C@@H]1C(O)C[C@@H]1[C@@]3(C)CCC(O)C(C)(C)[C@@H]3[C@@H](O[C@@H]3O[C@H](CO)[C@@H](O)[C@H](O)[C@H]3O[C@@H]3O[C@@H](C)[C@H](O)[C@@H](O)[C@H]3O)C[C@]12C. The molecule has 66 heavy (non-hydrogen) atoms. The van der Waals surface area contributed by atoms with Gasteiger partial charge >= 0.3 is 0 Å². The summed E-state index contributed by atoms with van der Waals surface area (Å²) in [6.45, 7) is 16.8. The molecular weight excluding hydrogens is 865 g/mol. The van der Waals surface area contributed by atoms with Crippen LogP contribution in [0.4, 0.5) is 0 Å². The summed E-state index contributed by atoms with van der Waals surface area (Å²) in [5.41, 5.74) is -2.43. The van der Waals surface area contributed by atoms with Crippen LogP contribution in [-0.4, -0.2) is 191 Å². The fourth-order valence-electron chi connectivity index (χ4n) is 14.9. The van der Waals surface area contributed by atoms with E-state index in [1.54, 1.807) is 0 Å². The fourth-order valence-corrected chi connectivity index (χ4v) is 14.9. The van der Waals surface area contributed by atoms with Gasteiger partial charge in [-0.25, -0.2) is 0 Å². The van der Waals surface area contributed by atoms with E-state index in [0.29, 0.717) is 51.4 Å². The van der Waals surface area contributed by atoms with Crippen LogP contribution >= 0.6 is 0 Å². The molecule has 18 nitrogen and oxygen atoms in total. The van der Waals surface area contributed by atoms with Gasteiger partial charge in [-0.15, -0.1) is 0 Å². The summed E-state index contributed by atoms with van der Waals surface area (Å²) in [6, 6.07) is 0. The predicted molar refractivity (Wildman–Crippen MR) is 234 cm³/mol. The molecule has 3 aliphatic heterocycles. The van der Waals surface area contributed by atoms with E-state index in [9.17, 15) is 61.3 Å². The minimum absolute atomic E-state index is 0.0861. The van der Waals surface area contributed by atoms with Crippen molar-refractivity contribution in [2.75, 3.05) is 13.2 Å². The first-order chi connectivity index (χ1) is 30.7. The van der Waals surface area contributed by atoms with Crippen molar-refractivity contribution in [1.29, 1.82) is 0 Å². The number of aliphatic hydroxyl groups is 12. The van der Waals surface area contributed by atoms with E-state index < -0.39 is 151 Å². The van der Waals surface area contributed by atoms with Crippen molar-refractivity contribution in [2.24, 2.45) is 45.3 Å². The molecule has 0 bridgehead atoms. The quantitative estimate of drug-likeness (QED) is 0.0904. The third-order valence-electron chi connectivity index (χ3n) is 18.7. The van der Waals surface area contributed by atoms with Gasteiger partial charge in [-0.2, -0.15) is 0 Å². The third kappa shape index (κ3) is 8.69. The highest BCUT2D eigenvalue weighted by Crippen LogP contribution is 2.76. The van der Waals surface area contributed by atoms with Gasteiger partial charge in [0.1, 0.15) is 67.1 Å². The Morgan fingerprint density at radius 1 is 0.682 bits per heavy atom. The lowest BCUT2D eigenvalue weighted by atomic mass is 9.34. The van der Waals surface area contributed by atoms with Gasteiger partial charge in [-0.05, 0) is 124 Å². The van der Waals surface area contributed by atoms with Gasteiger partial charge in [-0.1, -0.05) is 46.3 Å². The molecule has 4 aliphatic carbocycles. The van der Waals surface area contributed by atoms with Gasteiger partial charge in [-0.3, -0.25) is 0 Å². The molecule has 0 aromatic heterocycles. The zero-order chi connectivity index (χ0) is 48.8. The topological polar surface area (TPSA) is 298 Å². The van der Waals surface area contributed by atoms with Crippen molar-refractivity contribution in [2.45, 2.75) is 230 Å². The minimum Gasteiger partial charge on any atom is -0.394 e. The van der Waals surface area contributed by atoms with E-state index in [1.807, 2.05) is 34.6 Å². The maximum atomic E-state index is 12.7. The van der Waals surface area contributed by atoms with Crippen molar-refractivity contribution in [1.82, 2.24) is 0 Å². The average molecular weight is 947 g/mol. The average Bonchev–Trinajstić information content (AvgIpc) is 3.64. The Labute approximate surface area is 388 Å². The highest BCUT2D eigenvalue weighted by Gasteiger charge is 2.74. The summed E-state index contributed by atoms with van der Waals surface area (Å²) in [6.07, 6.45) is -18.3. The Morgan fingerprint density at radius 3 is 1.89 bits per heavy atom. The number of allylic oxidation sites excluding steroid dienone is 2. The molecule has 18 heteroatoms. The Bertz CT molecular complexity index is 1700. The van der Waals surface area contributed by atoms with Crippen LogP contribution in [0.5, 0.6) is 0 Å². The Kier molecular flexibility index (Phi) is 15.4. The second-order valence-corrected chi connectivity index (χ2v) is 23.0. The van der Waals surface area contributed by atoms with Gasteiger partial charge in [0, 0.05) is 0 Å². The number of ether oxygens (including phenoxy) is 6. The maximum absolute atomic E-state index is 12.7. The number of hydrogen-bond donors (Lipinski definition) is 12. The summed E-state index contributed by atoms with van der Waals surface area (Å²) in [5, 5.41) is 132. The predicted octanol–water partition coefficient (Wildman–Crippen LogP) is -0.0284. The van der Waals surface area contributed by atoms with Gasteiger partial charge in [0.2, 0.25) is 0 Å². The van der Waals surface area contributed by atoms with E-state index in [0.717, 1.165) is 5.57 Å². The lowest BCUT2D eigenvalue weighted by Crippen LogP contribution is -2.71. The monoisotopic (exact) mass is 947 g/mol. The second-order valence-electron chi connectivity index (χ2n) is 23.0. The number of fused-ring (bicyclic) bond motifs is 5. The molecule has 7 aliphatic rings. The molecule has 7 rings (SSSR count). The maximum Gasteiger partial charge on any atom is 0.187 e. The molecule has 0 spiro atoms. The van der Waals surface area contributed by atoms with Crippen LogP contribution in [0.3, 0.4) is 0 Å². The van der Waals surface area contributed by atoms with Gasteiger partial charge in [0.05, 0.1) is 43.2 Å². The first-order valence-electron chi connectivity index (χ1n) is 24.3. The molecule has 0 aromatic carbocycles. The zero-order valence-electron chi connectivity index (χ0n) is 40.2. The molecule has 7 fully saturated rings. The van der Waals surface area contributed by atoms with Crippen molar-refractivity contribution >= 4 is 0 Å². The smallest absolute Gasteiger partial charge is 0.187 e. The summed E-state index contributed by atoms with van der Waals surface area (Å²) in [4.78, 5) is 0. The van der Waals surface area contributed by atoms with E-state index in [1.165, 1.54) is 6.92 Å². The molecule has 12 N–H and O–H groups in total. The number of hydrogen-bond acceptors (Lipinski definition) is 18. The van der Waals surface area contributed by atoms with E-state index in [-0.39, 0.29) is 23.7 Å². The number of aliphatic hydroxyl groups excluding tert-OH is 12. The Balaban J connectivity index is 1.27. The van der Waals surface area contributed by atoms with Gasteiger partial charge in [0.25, 0.3) is 0 Å². The van der Waals surface area contributed by atoms with Crippen LogP contribution in [0.15, 0.2) is 11.6 Å². The molecule has 26 atom stereocenters. The number of rotatable bonds is 12. The molecular formula is C48H82O18. The molecule has 0 amide bonds. The van der Waals surface area contributed by atoms with E-state index in [2.05, 4.69) is 26.8 Å². The minimum atomic E-state index is -1.75. The normalized spacial score (nSPS) is 53.5. The fraction of sp³-hybridized carbons (Fsp3) is 0.958. The summed E-state index contributed by atoms with van der Waals surface area (Å²) >= 11 is 0. The summed E-state index contributed by atoms with van der Waals surface area (Å²) in [7, 11) is 0. The van der Waals surface area contributed by atoms with E-state index in [4.69, 9.17) is 28.4 Å². The van der Waals surface area contributed by atoms with Crippen molar-refractivity contribution in [3.63, 3.8) is 0 Å². The first-order valence-corrected chi connectivity index (χ1v) is 24.3. The summed E-state index contributed by atoms with van der Waals surface area (Å²) < 4.78 is 38.1. The molecule has 2 unspecified atom stereocenters. The molecule has 3 heterocycles. The molecule has 0 radical (unpaired) electrons.